The summed E-state index contributed by atoms with van der Waals surface area (Å²) in [5.41, 5.74) is 7.32. The number of carbonyl (C=O) groups excluding carboxylic acids is 1. The number of aryl methyl sites for hydroxylation is 1. The maximum atomic E-state index is 13.3. The van der Waals surface area contributed by atoms with Crippen LogP contribution < -0.4 is 11.1 Å². The predicted molar refractivity (Wildman–Crippen MR) is 94.6 cm³/mol. The lowest BCUT2D eigenvalue weighted by Crippen LogP contribution is -2.52. The number of nitrogens with one attached hydrogen (secondary N) is 1. The molecular formula is C18H24ClFN2O2. The van der Waals surface area contributed by atoms with Gasteiger partial charge in [0.15, 0.2) is 0 Å². The third kappa shape index (κ3) is 3.57. The van der Waals surface area contributed by atoms with Crippen LogP contribution in [0.25, 0.3) is 11.0 Å². The van der Waals surface area contributed by atoms with Crippen LogP contribution in [0.15, 0.2) is 22.6 Å². The van der Waals surface area contributed by atoms with Crippen LogP contribution in [-0.4, -0.2) is 11.4 Å². The van der Waals surface area contributed by atoms with Crippen molar-refractivity contribution in [1.29, 1.82) is 0 Å². The maximum Gasteiger partial charge on any atom is 0.225 e. The minimum atomic E-state index is -0.450. The van der Waals surface area contributed by atoms with Crippen molar-refractivity contribution in [2.45, 2.75) is 51.6 Å². The number of carbonyl (C=O) groups is 1. The van der Waals surface area contributed by atoms with Crippen molar-refractivity contribution in [3.8, 4) is 0 Å². The number of hydrogen-bond donors (Lipinski definition) is 2. The van der Waals surface area contributed by atoms with Crippen LogP contribution >= 0.6 is 12.4 Å². The summed E-state index contributed by atoms with van der Waals surface area (Å²) < 4.78 is 19.1. The van der Waals surface area contributed by atoms with Crippen molar-refractivity contribution in [2.24, 2.45) is 11.7 Å². The molecule has 1 aromatic carbocycles. The van der Waals surface area contributed by atoms with E-state index < -0.39 is 5.54 Å². The molecule has 1 aliphatic carbocycles. The Labute approximate surface area is 147 Å². The zero-order chi connectivity index (χ0) is 16.6. The fourth-order valence-corrected chi connectivity index (χ4v) is 3.49. The molecule has 2 aromatic rings. The van der Waals surface area contributed by atoms with Crippen LogP contribution in [0.3, 0.4) is 0 Å². The molecule has 1 aromatic heterocycles. The largest absolute Gasteiger partial charge is 0.459 e. The monoisotopic (exact) mass is 354 g/mol. The zero-order valence-corrected chi connectivity index (χ0v) is 14.8. The van der Waals surface area contributed by atoms with E-state index in [1.807, 2.05) is 13.8 Å². The highest BCUT2D eigenvalue weighted by Crippen LogP contribution is 2.32. The van der Waals surface area contributed by atoms with Gasteiger partial charge in [0.25, 0.3) is 0 Å². The van der Waals surface area contributed by atoms with Gasteiger partial charge in [-0.25, -0.2) is 4.39 Å². The summed E-state index contributed by atoms with van der Waals surface area (Å²) in [4.78, 5) is 12.5. The summed E-state index contributed by atoms with van der Waals surface area (Å²) in [5, 5.41) is 3.68. The van der Waals surface area contributed by atoms with E-state index in [0.717, 1.165) is 36.6 Å². The van der Waals surface area contributed by atoms with E-state index in [0.29, 0.717) is 17.9 Å². The van der Waals surface area contributed by atoms with Crippen molar-refractivity contribution in [3.05, 3.63) is 35.3 Å². The van der Waals surface area contributed by atoms with Crippen LogP contribution in [0.1, 0.15) is 43.9 Å². The molecule has 1 aliphatic rings. The number of rotatable bonds is 3. The molecule has 2 atom stereocenters. The Morgan fingerprint density at radius 2 is 2.21 bits per heavy atom. The summed E-state index contributed by atoms with van der Waals surface area (Å²) in [6, 6.07) is 4.44. The Morgan fingerprint density at radius 3 is 2.92 bits per heavy atom. The lowest BCUT2D eigenvalue weighted by Gasteiger charge is -2.37. The minimum Gasteiger partial charge on any atom is -0.459 e. The third-order valence-electron chi connectivity index (χ3n) is 4.99. The highest BCUT2D eigenvalue weighted by Gasteiger charge is 2.37. The van der Waals surface area contributed by atoms with Gasteiger partial charge in [0.05, 0.1) is 12.5 Å². The number of fused-ring (bicyclic) bond motifs is 1. The Kier molecular flexibility index (Phi) is 5.56. The van der Waals surface area contributed by atoms with Gasteiger partial charge in [-0.15, -0.1) is 12.4 Å². The normalized spacial score (nSPS) is 23.8. The second kappa shape index (κ2) is 7.11. The molecule has 1 saturated carbocycles. The van der Waals surface area contributed by atoms with Gasteiger partial charge in [0, 0.05) is 16.5 Å². The lowest BCUT2D eigenvalue weighted by molar-refractivity contribution is -0.128. The van der Waals surface area contributed by atoms with Gasteiger partial charge in [-0.2, -0.15) is 0 Å². The van der Waals surface area contributed by atoms with E-state index in [9.17, 15) is 9.18 Å². The fourth-order valence-electron chi connectivity index (χ4n) is 3.49. The molecule has 0 bridgehead atoms. The van der Waals surface area contributed by atoms with Crippen molar-refractivity contribution in [1.82, 2.24) is 5.32 Å². The predicted octanol–water partition coefficient (Wildman–Crippen LogP) is 3.83. The average molecular weight is 355 g/mol. The Morgan fingerprint density at radius 1 is 1.46 bits per heavy atom. The number of hydrogen-bond acceptors (Lipinski definition) is 3. The summed E-state index contributed by atoms with van der Waals surface area (Å²) in [5.74, 6) is 0.172. The first kappa shape index (κ1) is 18.7. The Bertz CT molecular complexity index is 742. The van der Waals surface area contributed by atoms with E-state index in [1.54, 1.807) is 6.07 Å². The molecule has 0 saturated heterocycles. The van der Waals surface area contributed by atoms with Gasteiger partial charge in [0.1, 0.15) is 17.2 Å². The lowest BCUT2D eigenvalue weighted by atomic mass is 9.74. The van der Waals surface area contributed by atoms with E-state index in [-0.39, 0.29) is 30.0 Å². The smallest absolute Gasteiger partial charge is 0.225 e. The number of halogens is 2. The molecule has 2 unspecified atom stereocenters. The van der Waals surface area contributed by atoms with Crippen molar-refractivity contribution < 1.29 is 13.6 Å². The van der Waals surface area contributed by atoms with E-state index in [4.69, 9.17) is 10.2 Å². The second-order valence-corrected chi connectivity index (χ2v) is 6.81. The molecule has 24 heavy (non-hydrogen) atoms. The highest BCUT2D eigenvalue weighted by molar-refractivity contribution is 5.85. The number of nitrogens with two attached hydrogens (primary N) is 1. The number of amides is 1. The number of benzene rings is 1. The molecular weight excluding hydrogens is 331 g/mol. The van der Waals surface area contributed by atoms with Gasteiger partial charge < -0.3 is 15.5 Å². The minimum absolute atomic E-state index is 0. The zero-order valence-electron chi connectivity index (χ0n) is 14.0. The van der Waals surface area contributed by atoms with Crippen LogP contribution in [0, 0.1) is 18.7 Å². The quantitative estimate of drug-likeness (QED) is 0.880. The van der Waals surface area contributed by atoms with Gasteiger partial charge in [0.2, 0.25) is 5.91 Å². The first-order valence-electron chi connectivity index (χ1n) is 8.12. The standard InChI is InChI=1S/C18H23FN2O2.ClH/c1-11-13-9-12(19)6-7-15(13)23-16(11)10-21-17(22)14-5-3-4-8-18(14,2)20;/h6-7,9,14H,3-5,8,10,20H2,1-2H3,(H,21,22);1H. The molecule has 3 rings (SSSR count). The Balaban J connectivity index is 0.00000208. The molecule has 132 valence electrons. The number of furan rings is 1. The fraction of sp³-hybridized carbons (Fsp3) is 0.500. The molecule has 0 radical (unpaired) electrons. The van der Waals surface area contributed by atoms with E-state index in [2.05, 4.69) is 5.32 Å². The van der Waals surface area contributed by atoms with Crippen molar-refractivity contribution in [3.63, 3.8) is 0 Å². The molecule has 6 heteroatoms. The van der Waals surface area contributed by atoms with Crippen LogP contribution in [-0.2, 0) is 11.3 Å². The maximum absolute atomic E-state index is 13.3. The summed E-state index contributed by atoms with van der Waals surface area (Å²) in [6.45, 7) is 4.12. The molecule has 3 N–H and O–H groups in total. The van der Waals surface area contributed by atoms with Gasteiger partial charge in [-0.05, 0) is 44.9 Å². The SMILES string of the molecule is Cc1c(CNC(=O)C2CCCCC2(C)N)oc2ccc(F)cc12.Cl. The van der Waals surface area contributed by atoms with Crippen molar-refractivity contribution >= 4 is 29.3 Å². The summed E-state index contributed by atoms with van der Waals surface area (Å²) in [6.07, 6.45) is 3.80. The summed E-state index contributed by atoms with van der Waals surface area (Å²) in [7, 11) is 0. The van der Waals surface area contributed by atoms with Crippen LogP contribution in [0.4, 0.5) is 4.39 Å². The van der Waals surface area contributed by atoms with E-state index >= 15 is 0 Å². The van der Waals surface area contributed by atoms with E-state index in [1.165, 1.54) is 12.1 Å². The Hall–Kier alpha value is -1.59. The van der Waals surface area contributed by atoms with Gasteiger partial charge in [-0.3, -0.25) is 4.79 Å². The molecule has 0 spiro atoms. The van der Waals surface area contributed by atoms with Crippen LogP contribution in [0.2, 0.25) is 0 Å². The molecule has 4 nitrogen and oxygen atoms in total. The molecule has 1 fully saturated rings. The van der Waals surface area contributed by atoms with Crippen molar-refractivity contribution in [2.75, 3.05) is 0 Å². The first-order valence-corrected chi connectivity index (χ1v) is 8.12. The summed E-state index contributed by atoms with van der Waals surface area (Å²) >= 11 is 0. The van der Waals surface area contributed by atoms with Gasteiger partial charge in [-0.1, -0.05) is 12.8 Å². The van der Waals surface area contributed by atoms with Gasteiger partial charge >= 0.3 is 0 Å². The molecule has 0 aliphatic heterocycles. The highest BCUT2D eigenvalue weighted by atomic mass is 35.5. The second-order valence-electron chi connectivity index (χ2n) is 6.81. The molecule has 1 heterocycles. The average Bonchev–Trinajstić information content (AvgIpc) is 2.81. The topological polar surface area (TPSA) is 68.3 Å². The van der Waals surface area contributed by atoms with Crippen LogP contribution in [0.5, 0.6) is 0 Å². The first-order chi connectivity index (χ1) is 10.9. The molecule has 1 amide bonds. The third-order valence-corrected chi connectivity index (χ3v) is 4.99.